The summed E-state index contributed by atoms with van der Waals surface area (Å²) >= 11 is 4.96. The van der Waals surface area contributed by atoms with Crippen molar-refractivity contribution in [1.82, 2.24) is 4.98 Å². The summed E-state index contributed by atoms with van der Waals surface area (Å²) in [7, 11) is 0. The standard InChI is InChI=1S/C14H18N2O2S/c15-13(19)12(11-7-3-4-8-16-11)14(17)18-9-10-5-1-2-6-10/h3-4,7-8,10,12H,1-2,5-6,9H2,(H2,15,19). The molecule has 2 rings (SSSR count). The average molecular weight is 278 g/mol. The van der Waals surface area contributed by atoms with E-state index in [0.29, 0.717) is 18.2 Å². The van der Waals surface area contributed by atoms with E-state index < -0.39 is 11.9 Å². The highest BCUT2D eigenvalue weighted by Gasteiger charge is 2.27. The number of ether oxygens (including phenoxy) is 1. The minimum Gasteiger partial charge on any atom is -0.465 e. The molecule has 0 bridgehead atoms. The van der Waals surface area contributed by atoms with E-state index in [-0.39, 0.29) is 4.99 Å². The number of nitrogens with two attached hydrogens (primary N) is 1. The molecule has 4 nitrogen and oxygen atoms in total. The Hall–Kier alpha value is -1.49. The number of aromatic nitrogens is 1. The van der Waals surface area contributed by atoms with Gasteiger partial charge in [0.2, 0.25) is 0 Å². The summed E-state index contributed by atoms with van der Waals surface area (Å²) in [6.45, 7) is 0.463. The maximum Gasteiger partial charge on any atom is 0.322 e. The molecule has 1 atom stereocenters. The van der Waals surface area contributed by atoms with Crippen LogP contribution in [-0.4, -0.2) is 22.5 Å². The van der Waals surface area contributed by atoms with Crippen molar-refractivity contribution < 1.29 is 9.53 Å². The normalized spacial score (nSPS) is 17.1. The van der Waals surface area contributed by atoms with E-state index in [2.05, 4.69) is 4.98 Å². The molecule has 0 spiro atoms. The van der Waals surface area contributed by atoms with E-state index in [1.54, 1.807) is 24.4 Å². The highest BCUT2D eigenvalue weighted by Crippen LogP contribution is 2.25. The van der Waals surface area contributed by atoms with Crippen LogP contribution in [-0.2, 0) is 9.53 Å². The van der Waals surface area contributed by atoms with E-state index in [1.165, 1.54) is 12.8 Å². The Kier molecular flexibility index (Phi) is 4.85. The summed E-state index contributed by atoms with van der Waals surface area (Å²) in [5.74, 6) is -0.643. The van der Waals surface area contributed by atoms with Crippen LogP contribution < -0.4 is 5.73 Å². The molecular formula is C14H18N2O2S. The lowest BCUT2D eigenvalue weighted by Gasteiger charge is -2.16. The number of esters is 1. The predicted molar refractivity (Wildman–Crippen MR) is 76.7 cm³/mol. The number of carbonyl (C=O) groups excluding carboxylic acids is 1. The zero-order valence-corrected chi connectivity index (χ0v) is 11.6. The Morgan fingerprint density at radius 3 is 2.79 bits per heavy atom. The van der Waals surface area contributed by atoms with Gasteiger partial charge in [0.15, 0.2) is 0 Å². The lowest BCUT2D eigenvalue weighted by atomic mass is 10.1. The topological polar surface area (TPSA) is 65.2 Å². The largest absolute Gasteiger partial charge is 0.465 e. The summed E-state index contributed by atoms with van der Waals surface area (Å²) in [6.07, 6.45) is 6.33. The summed E-state index contributed by atoms with van der Waals surface area (Å²) < 4.78 is 5.36. The number of hydrogen-bond donors (Lipinski definition) is 1. The van der Waals surface area contributed by atoms with Crippen LogP contribution in [0.3, 0.4) is 0 Å². The Morgan fingerprint density at radius 2 is 2.21 bits per heavy atom. The monoisotopic (exact) mass is 278 g/mol. The van der Waals surface area contributed by atoms with E-state index in [9.17, 15) is 4.79 Å². The Bertz CT molecular complexity index is 444. The van der Waals surface area contributed by atoms with Gasteiger partial charge in [0.05, 0.1) is 17.3 Å². The average Bonchev–Trinajstić information content (AvgIpc) is 2.90. The first-order valence-corrected chi connectivity index (χ1v) is 6.96. The summed E-state index contributed by atoms with van der Waals surface area (Å²) in [6, 6.07) is 5.32. The van der Waals surface area contributed by atoms with Crippen molar-refractivity contribution in [2.45, 2.75) is 31.6 Å². The number of thiocarbonyl (C=S) groups is 1. The fourth-order valence-electron chi connectivity index (χ4n) is 2.39. The van der Waals surface area contributed by atoms with Crippen molar-refractivity contribution >= 4 is 23.2 Å². The molecule has 5 heteroatoms. The predicted octanol–water partition coefficient (Wildman–Crippen LogP) is 2.18. The third kappa shape index (κ3) is 3.73. The van der Waals surface area contributed by atoms with Crippen molar-refractivity contribution in [3.8, 4) is 0 Å². The zero-order chi connectivity index (χ0) is 13.7. The van der Waals surface area contributed by atoms with Crippen LogP contribution in [0.2, 0.25) is 0 Å². The SMILES string of the molecule is NC(=S)C(C(=O)OCC1CCCC1)c1ccccn1. The summed E-state index contributed by atoms with van der Waals surface area (Å²) in [5, 5.41) is 0. The van der Waals surface area contributed by atoms with Gasteiger partial charge < -0.3 is 10.5 Å². The molecule has 0 radical (unpaired) electrons. The van der Waals surface area contributed by atoms with Gasteiger partial charge in [-0.25, -0.2) is 0 Å². The first-order valence-electron chi connectivity index (χ1n) is 6.55. The van der Waals surface area contributed by atoms with Gasteiger partial charge in [-0.05, 0) is 30.9 Å². The zero-order valence-electron chi connectivity index (χ0n) is 10.7. The van der Waals surface area contributed by atoms with Crippen molar-refractivity contribution in [2.75, 3.05) is 6.61 Å². The lowest BCUT2D eigenvalue weighted by molar-refractivity contribution is -0.145. The van der Waals surface area contributed by atoms with Crippen LogP contribution in [0.5, 0.6) is 0 Å². The van der Waals surface area contributed by atoms with Gasteiger partial charge in [-0.1, -0.05) is 31.1 Å². The van der Waals surface area contributed by atoms with Crippen molar-refractivity contribution in [3.63, 3.8) is 0 Å². The molecule has 1 unspecified atom stereocenters. The third-order valence-corrected chi connectivity index (χ3v) is 3.68. The van der Waals surface area contributed by atoms with Crippen molar-refractivity contribution in [1.29, 1.82) is 0 Å². The fourth-order valence-corrected chi connectivity index (χ4v) is 2.61. The van der Waals surface area contributed by atoms with Crippen LogP contribution >= 0.6 is 12.2 Å². The quantitative estimate of drug-likeness (QED) is 0.660. The summed E-state index contributed by atoms with van der Waals surface area (Å²) in [4.78, 5) is 16.4. The van der Waals surface area contributed by atoms with Gasteiger partial charge in [0.1, 0.15) is 5.92 Å². The molecule has 0 saturated heterocycles. The molecular weight excluding hydrogens is 260 g/mol. The van der Waals surface area contributed by atoms with Gasteiger partial charge in [0, 0.05) is 6.20 Å². The van der Waals surface area contributed by atoms with Crippen LogP contribution in [0.1, 0.15) is 37.3 Å². The Morgan fingerprint density at radius 1 is 1.47 bits per heavy atom. The van der Waals surface area contributed by atoms with Gasteiger partial charge >= 0.3 is 5.97 Å². The van der Waals surface area contributed by atoms with Crippen LogP contribution in [0.4, 0.5) is 0 Å². The second-order valence-corrected chi connectivity index (χ2v) is 5.34. The van der Waals surface area contributed by atoms with Crippen molar-refractivity contribution in [3.05, 3.63) is 30.1 Å². The first-order chi connectivity index (χ1) is 9.18. The van der Waals surface area contributed by atoms with E-state index in [0.717, 1.165) is 12.8 Å². The van der Waals surface area contributed by atoms with Crippen molar-refractivity contribution in [2.24, 2.45) is 11.7 Å². The Balaban J connectivity index is 1.98. The molecule has 2 N–H and O–H groups in total. The van der Waals surface area contributed by atoms with Gasteiger partial charge in [-0.2, -0.15) is 0 Å². The van der Waals surface area contributed by atoms with E-state index in [4.69, 9.17) is 22.7 Å². The molecule has 1 aliphatic rings. The minimum absolute atomic E-state index is 0.107. The highest BCUT2D eigenvalue weighted by atomic mass is 32.1. The minimum atomic E-state index is -0.738. The molecule has 0 amide bonds. The first kappa shape index (κ1) is 13.9. The number of pyridine rings is 1. The van der Waals surface area contributed by atoms with E-state index in [1.807, 2.05) is 0 Å². The fraction of sp³-hybridized carbons (Fsp3) is 0.500. The second kappa shape index (κ2) is 6.61. The van der Waals surface area contributed by atoms with Gasteiger partial charge in [-0.15, -0.1) is 0 Å². The second-order valence-electron chi connectivity index (χ2n) is 4.87. The molecule has 1 aliphatic carbocycles. The van der Waals surface area contributed by atoms with Gasteiger partial charge in [-0.3, -0.25) is 9.78 Å². The number of rotatable bonds is 5. The van der Waals surface area contributed by atoms with Crippen LogP contribution in [0.25, 0.3) is 0 Å². The number of nitrogens with zero attached hydrogens (tertiary/aromatic N) is 1. The lowest BCUT2D eigenvalue weighted by Crippen LogP contribution is -2.30. The molecule has 19 heavy (non-hydrogen) atoms. The maximum atomic E-state index is 12.1. The molecule has 0 aromatic carbocycles. The number of hydrogen-bond acceptors (Lipinski definition) is 4. The molecule has 0 aliphatic heterocycles. The molecule has 1 fully saturated rings. The maximum absolute atomic E-state index is 12.1. The molecule has 1 saturated carbocycles. The van der Waals surface area contributed by atoms with Gasteiger partial charge in [0.25, 0.3) is 0 Å². The molecule has 1 aromatic heterocycles. The third-order valence-electron chi connectivity index (χ3n) is 3.44. The molecule has 1 aromatic rings. The summed E-state index contributed by atoms with van der Waals surface area (Å²) in [5.41, 5.74) is 6.19. The number of carbonyl (C=O) groups is 1. The van der Waals surface area contributed by atoms with E-state index >= 15 is 0 Å². The molecule has 102 valence electrons. The highest BCUT2D eigenvalue weighted by molar-refractivity contribution is 7.80. The smallest absolute Gasteiger partial charge is 0.322 e. The molecule has 1 heterocycles. The van der Waals surface area contributed by atoms with Crippen LogP contribution in [0.15, 0.2) is 24.4 Å². The Labute approximate surface area is 118 Å². The van der Waals surface area contributed by atoms with Crippen LogP contribution in [0, 0.1) is 5.92 Å².